The van der Waals surface area contributed by atoms with E-state index >= 15 is 0 Å². The Morgan fingerprint density at radius 3 is 2.54 bits per heavy atom. The van der Waals surface area contributed by atoms with Crippen LogP contribution in [0.1, 0.15) is 30.5 Å². The third kappa shape index (κ3) is 4.51. The van der Waals surface area contributed by atoms with Crippen LogP contribution in [0.5, 0.6) is 11.5 Å². The standard InChI is InChI=1S/C20H25NO3/c1-5-23-19-11-7-6-10-17(19)13-21-20(22)16(4)24-18-12-8-9-14(2)15(18)3/h6-12,16H,5,13H2,1-4H3,(H,21,22). The van der Waals surface area contributed by atoms with Crippen LogP contribution in [-0.2, 0) is 11.3 Å². The highest BCUT2D eigenvalue weighted by Gasteiger charge is 2.16. The summed E-state index contributed by atoms with van der Waals surface area (Å²) in [6.07, 6.45) is -0.565. The number of hydrogen-bond acceptors (Lipinski definition) is 3. The lowest BCUT2D eigenvalue weighted by Gasteiger charge is -2.17. The lowest BCUT2D eigenvalue weighted by atomic mass is 10.1. The molecule has 0 bridgehead atoms. The van der Waals surface area contributed by atoms with E-state index in [9.17, 15) is 4.79 Å². The number of nitrogens with one attached hydrogen (secondary N) is 1. The van der Waals surface area contributed by atoms with Gasteiger partial charge in [-0.3, -0.25) is 4.79 Å². The van der Waals surface area contributed by atoms with Crippen LogP contribution in [0.15, 0.2) is 42.5 Å². The average molecular weight is 327 g/mol. The summed E-state index contributed by atoms with van der Waals surface area (Å²) in [5, 5.41) is 2.91. The van der Waals surface area contributed by atoms with Crippen LogP contribution in [0.4, 0.5) is 0 Å². The first-order chi connectivity index (χ1) is 11.5. The maximum atomic E-state index is 12.3. The monoisotopic (exact) mass is 327 g/mol. The first-order valence-corrected chi connectivity index (χ1v) is 8.24. The van der Waals surface area contributed by atoms with Crippen molar-refractivity contribution in [3.05, 3.63) is 59.2 Å². The molecule has 0 spiro atoms. The number of hydrogen-bond donors (Lipinski definition) is 1. The molecule has 2 aromatic carbocycles. The van der Waals surface area contributed by atoms with Crippen molar-refractivity contribution in [2.75, 3.05) is 6.61 Å². The largest absolute Gasteiger partial charge is 0.494 e. The summed E-state index contributed by atoms with van der Waals surface area (Å²) in [5.74, 6) is 1.39. The van der Waals surface area contributed by atoms with E-state index in [0.29, 0.717) is 13.2 Å². The number of carbonyl (C=O) groups is 1. The molecule has 0 aromatic heterocycles. The normalized spacial score (nSPS) is 11.7. The molecule has 0 fully saturated rings. The maximum Gasteiger partial charge on any atom is 0.261 e. The highest BCUT2D eigenvalue weighted by atomic mass is 16.5. The minimum atomic E-state index is -0.565. The summed E-state index contributed by atoms with van der Waals surface area (Å²) < 4.78 is 11.4. The summed E-state index contributed by atoms with van der Waals surface area (Å²) >= 11 is 0. The number of ether oxygens (including phenoxy) is 2. The predicted octanol–water partition coefficient (Wildman–Crippen LogP) is 3.79. The van der Waals surface area contributed by atoms with E-state index in [2.05, 4.69) is 5.32 Å². The fourth-order valence-corrected chi connectivity index (χ4v) is 2.37. The predicted molar refractivity (Wildman–Crippen MR) is 95.5 cm³/mol. The summed E-state index contributed by atoms with van der Waals surface area (Å²) in [4.78, 5) is 12.3. The number of rotatable bonds is 7. The first kappa shape index (κ1) is 17.9. The summed E-state index contributed by atoms with van der Waals surface area (Å²) in [6, 6.07) is 13.5. The van der Waals surface area contributed by atoms with Gasteiger partial charge < -0.3 is 14.8 Å². The number of amides is 1. The number of benzene rings is 2. The van der Waals surface area contributed by atoms with Crippen molar-refractivity contribution < 1.29 is 14.3 Å². The lowest BCUT2D eigenvalue weighted by Crippen LogP contribution is -2.36. The molecule has 128 valence electrons. The first-order valence-electron chi connectivity index (χ1n) is 8.24. The molecule has 0 radical (unpaired) electrons. The highest BCUT2D eigenvalue weighted by Crippen LogP contribution is 2.22. The van der Waals surface area contributed by atoms with Crippen molar-refractivity contribution in [2.24, 2.45) is 0 Å². The second kappa shape index (κ2) is 8.39. The molecule has 1 N–H and O–H groups in total. The zero-order valence-corrected chi connectivity index (χ0v) is 14.8. The Bertz CT molecular complexity index is 697. The smallest absolute Gasteiger partial charge is 0.261 e. The van der Waals surface area contributed by atoms with Gasteiger partial charge in [0.15, 0.2) is 6.10 Å². The van der Waals surface area contributed by atoms with Gasteiger partial charge in [0.25, 0.3) is 5.91 Å². The molecule has 0 aliphatic carbocycles. The fraction of sp³-hybridized carbons (Fsp3) is 0.350. The zero-order chi connectivity index (χ0) is 17.5. The van der Waals surface area contributed by atoms with E-state index in [0.717, 1.165) is 28.2 Å². The van der Waals surface area contributed by atoms with Gasteiger partial charge in [0.2, 0.25) is 0 Å². The molecule has 1 atom stereocenters. The second-order valence-corrected chi connectivity index (χ2v) is 5.72. The molecular formula is C20H25NO3. The van der Waals surface area contributed by atoms with E-state index in [1.807, 2.05) is 63.2 Å². The van der Waals surface area contributed by atoms with Gasteiger partial charge in [-0.1, -0.05) is 30.3 Å². The van der Waals surface area contributed by atoms with Gasteiger partial charge in [0.1, 0.15) is 11.5 Å². The average Bonchev–Trinajstić information content (AvgIpc) is 2.58. The maximum absolute atomic E-state index is 12.3. The van der Waals surface area contributed by atoms with E-state index in [-0.39, 0.29) is 5.91 Å². The molecule has 0 saturated carbocycles. The van der Waals surface area contributed by atoms with Gasteiger partial charge >= 0.3 is 0 Å². The number of para-hydroxylation sites is 1. The minimum Gasteiger partial charge on any atom is -0.494 e. The SMILES string of the molecule is CCOc1ccccc1CNC(=O)C(C)Oc1cccc(C)c1C. The van der Waals surface area contributed by atoms with Crippen LogP contribution >= 0.6 is 0 Å². The summed E-state index contributed by atoms with van der Waals surface area (Å²) in [7, 11) is 0. The Morgan fingerprint density at radius 2 is 1.79 bits per heavy atom. The van der Waals surface area contributed by atoms with Gasteiger partial charge in [-0.2, -0.15) is 0 Å². The topological polar surface area (TPSA) is 47.6 Å². The highest BCUT2D eigenvalue weighted by molar-refractivity contribution is 5.80. The van der Waals surface area contributed by atoms with E-state index in [4.69, 9.17) is 9.47 Å². The van der Waals surface area contributed by atoms with Gasteiger partial charge in [0, 0.05) is 12.1 Å². The van der Waals surface area contributed by atoms with E-state index in [1.54, 1.807) is 6.92 Å². The molecule has 0 aliphatic rings. The third-order valence-electron chi connectivity index (χ3n) is 3.95. The molecule has 2 aromatic rings. The molecule has 0 saturated heterocycles. The number of carbonyl (C=O) groups excluding carboxylic acids is 1. The third-order valence-corrected chi connectivity index (χ3v) is 3.95. The summed E-state index contributed by atoms with van der Waals surface area (Å²) in [5.41, 5.74) is 3.15. The zero-order valence-electron chi connectivity index (χ0n) is 14.8. The molecule has 1 unspecified atom stereocenters. The van der Waals surface area contributed by atoms with Crippen molar-refractivity contribution in [3.63, 3.8) is 0 Å². The van der Waals surface area contributed by atoms with Crippen LogP contribution in [0.25, 0.3) is 0 Å². The van der Waals surface area contributed by atoms with Crippen molar-refractivity contribution in [1.82, 2.24) is 5.32 Å². The van der Waals surface area contributed by atoms with Gasteiger partial charge in [-0.05, 0) is 51.0 Å². The van der Waals surface area contributed by atoms with Crippen molar-refractivity contribution >= 4 is 5.91 Å². The molecule has 2 rings (SSSR count). The molecular weight excluding hydrogens is 302 g/mol. The van der Waals surface area contributed by atoms with Crippen LogP contribution in [-0.4, -0.2) is 18.6 Å². The molecule has 1 amide bonds. The summed E-state index contributed by atoms with van der Waals surface area (Å²) in [6.45, 7) is 8.72. The molecule has 4 nitrogen and oxygen atoms in total. The Hall–Kier alpha value is -2.49. The van der Waals surface area contributed by atoms with Crippen molar-refractivity contribution in [1.29, 1.82) is 0 Å². The lowest BCUT2D eigenvalue weighted by molar-refractivity contribution is -0.127. The fourth-order valence-electron chi connectivity index (χ4n) is 2.37. The number of aryl methyl sites for hydroxylation is 1. The second-order valence-electron chi connectivity index (χ2n) is 5.72. The van der Waals surface area contributed by atoms with Crippen LogP contribution in [0.3, 0.4) is 0 Å². The Balaban J connectivity index is 1.96. The van der Waals surface area contributed by atoms with Crippen molar-refractivity contribution in [2.45, 2.75) is 40.3 Å². The molecule has 4 heteroatoms. The van der Waals surface area contributed by atoms with E-state index in [1.165, 1.54) is 0 Å². The van der Waals surface area contributed by atoms with Gasteiger partial charge in [-0.25, -0.2) is 0 Å². The van der Waals surface area contributed by atoms with E-state index < -0.39 is 6.10 Å². The van der Waals surface area contributed by atoms with Crippen molar-refractivity contribution in [3.8, 4) is 11.5 Å². The quantitative estimate of drug-likeness (QED) is 0.842. The van der Waals surface area contributed by atoms with Crippen LogP contribution in [0, 0.1) is 13.8 Å². The Labute approximate surface area is 143 Å². The minimum absolute atomic E-state index is 0.151. The van der Waals surface area contributed by atoms with Gasteiger partial charge in [0.05, 0.1) is 6.61 Å². The molecule has 0 heterocycles. The van der Waals surface area contributed by atoms with Gasteiger partial charge in [-0.15, -0.1) is 0 Å². The Kier molecular flexibility index (Phi) is 6.24. The van der Waals surface area contributed by atoms with Crippen LogP contribution in [0.2, 0.25) is 0 Å². The van der Waals surface area contributed by atoms with Crippen LogP contribution < -0.4 is 14.8 Å². The molecule has 24 heavy (non-hydrogen) atoms. The molecule has 0 aliphatic heterocycles. The Morgan fingerprint density at radius 1 is 1.08 bits per heavy atom.